The van der Waals surface area contributed by atoms with Gasteiger partial charge >= 0.3 is 0 Å². The third kappa shape index (κ3) is 6.59. The number of hydrogen-bond donors (Lipinski definition) is 1. The fraction of sp³-hybridized carbons (Fsp3) is 0.312. The molecule has 0 unspecified atom stereocenters. The SMILES string of the molecule is CCOc1ccc(Cl)c(-n2c(C=C(C)C)c(C(=O)N3CCN[C@H](C)C3)cc(-c3nc(-c4ccc(C(F)F)nc4)cs3)c2=O)c1. The summed E-state index contributed by atoms with van der Waals surface area (Å²) in [7, 11) is 0. The average molecular weight is 640 g/mol. The molecule has 1 aromatic carbocycles. The van der Waals surface area contributed by atoms with E-state index in [1.54, 1.807) is 40.6 Å². The maximum absolute atomic E-state index is 14.4. The fourth-order valence-corrected chi connectivity index (χ4v) is 6.07. The number of nitrogens with zero attached hydrogens (tertiary/aromatic N) is 4. The fourth-order valence-electron chi connectivity index (χ4n) is 5.03. The smallest absolute Gasteiger partial charge is 0.280 e. The van der Waals surface area contributed by atoms with Crippen LogP contribution in [0.15, 0.2) is 58.3 Å². The molecule has 0 spiro atoms. The van der Waals surface area contributed by atoms with Crippen molar-refractivity contribution in [3.05, 3.63) is 85.9 Å². The van der Waals surface area contributed by atoms with Crippen molar-refractivity contribution in [3.63, 3.8) is 0 Å². The molecule has 1 atom stereocenters. The van der Waals surface area contributed by atoms with E-state index in [2.05, 4.69) is 15.3 Å². The van der Waals surface area contributed by atoms with E-state index in [-0.39, 0.29) is 23.2 Å². The van der Waals surface area contributed by atoms with Crippen LogP contribution in [0.25, 0.3) is 33.6 Å². The molecular weight excluding hydrogens is 608 g/mol. The molecule has 5 rings (SSSR count). The van der Waals surface area contributed by atoms with Crippen molar-refractivity contribution >= 4 is 34.9 Å². The van der Waals surface area contributed by atoms with Gasteiger partial charge in [-0.1, -0.05) is 17.2 Å². The standard InChI is InChI=1S/C32H32ClF2N5O3S/c1-5-43-21-7-8-24(33)28(13-21)40-27(12-18(2)3)22(31(41)39-11-10-36-19(4)16-39)14-23(32(40)42)30-38-26(17-44-30)20-6-9-25(29(34)35)37-15-20/h6-9,12-15,17,19,29,36H,5,10-11,16H2,1-4H3/t19-/m1/s1. The molecule has 1 fully saturated rings. The van der Waals surface area contributed by atoms with Crippen LogP contribution in [0.3, 0.4) is 0 Å². The van der Waals surface area contributed by atoms with Gasteiger partial charge in [-0.2, -0.15) is 0 Å². The summed E-state index contributed by atoms with van der Waals surface area (Å²) in [6.45, 7) is 9.73. The lowest BCUT2D eigenvalue weighted by atomic mass is 10.0. The first-order chi connectivity index (χ1) is 21.1. The zero-order valence-electron chi connectivity index (χ0n) is 24.7. The molecule has 0 bridgehead atoms. The Morgan fingerprint density at radius 3 is 2.70 bits per heavy atom. The number of hydrogen-bond acceptors (Lipinski definition) is 7. The van der Waals surface area contributed by atoms with Crippen molar-refractivity contribution in [1.29, 1.82) is 0 Å². The highest BCUT2D eigenvalue weighted by Gasteiger charge is 2.28. The number of benzene rings is 1. The Hall–Kier alpha value is -3.93. The number of rotatable bonds is 8. The maximum Gasteiger partial charge on any atom is 0.280 e. The van der Waals surface area contributed by atoms with Crippen LogP contribution in [-0.2, 0) is 0 Å². The molecule has 4 aromatic rings. The van der Waals surface area contributed by atoms with Crippen molar-refractivity contribution in [3.8, 4) is 33.3 Å². The number of allylic oxidation sites excluding steroid dienone is 1. The summed E-state index contributed by atoms with van der Waals surface area (Å²) >= 11 is 7.92. The van der Waals surface area contributed by atoms with E-state index in [9.17, 15) is 18.4 Å². The summed E-state index contributed by atoms with van der Waals surface area (Å²) in [5, 5.41) is 5.74. The molecule has 3 aromatic heterocycles. The lowest BCUT2D eigenvalue weighted by Crippen LogP contribution is -2.51. The second-order valence-electron chi connectivity index (χ2n) is 10.7. The topological polar surface area (TPSA) is 89.3 Å². The molecule has 12 heteroatoms. The highest BCUT2D eigenvalue weighted by atomic mass is 35.5. The Bertz CT molecular complexity index is 1770. The van der Waals surface area contributed by atoms with Gasteiger partial charge in [0.25, 0.3) is 17.9 Å². The summed E-state index contributed by atoms with van der Waals surface area (Å²) in [5.74, 6) is 0.300. The second kappa shape index (κ2) is 13.4. The summed E-state index contributed by atoms with van der Waals surface area (Å²) in [4.78, 5) is 38.9. The van der Waals surface area contributed by atoms with Crippen molar-refractivity contribution < 1.29 is 18.3 Å². The molecule has 0 aliphatic carbocycles. The van der Waals surface area contributed by atoms with E-state index in [0.29, 0.717) is 70.2 Å². The molecule has 44 heavy (non-hydrogen) atoms. The lowest BCUT2D eigenvalue weighted by molar-refractivity contribution is 0.0708. The largest absolute Gasteiger partial charge is 0.494 e. The van der Waals surface area contributed by atoms with Gasteiger partial charge in [0.05, 0.1) is 39.8 Å². The van der Waals surface area contributed by atoms with Crippen molar-refractivity contribution in [1.82, 2.24) is 24.8 Å². The normalized spacial score (nSPS) is 15.0. The van der Waals surface area contributed by atoms with E-state index in [0.717, 1.165) is 5.57 Å². The zero-order valence-corrected chi connectivity index (χ0v) is 26.3. The van der Waals surface area contributed by atoms with E-state index >= 15 is 0 Å². The molecule has 4 heterocycles. The van der Waals surface area contributed by atoms with Gasteiger partial charge in [-0.15, -0.1) is 11.3 Å². The summed E-state index contributed by atoms with van der Waals surface area (Å²) < 4.78 is 33.3. The Labute approximate surface area is 263 Å². The third-order valence-corrected chi connectivity index (χ3v) is 8.26. The Morgan fingerprint density at radius 1 is 1.25 bits per heavy atom. The molecule has 230 valence electrons. The van der Waals surface area contributed by atoms with E-state index in [4.69, 9.17) is 16.3 Å². The number of ether oxygens (including phenoxy) is 1. The van der Waals surface area contributed by atoms with Crippen LogP contribution in [0, 0.1) is 0 Å². The predicted octanol–water partition coefficient (Wildman–Crippen LogP) is 6.87. The predicted molar refractivity (Wildman–Crippen MR) is 170 cm³/mol. The monoisotopic (exact) mass is 639 g/mol. The van der Waals surface area contributed by atoms with Crippen LogP contribution >= 0.6 is 22.9 Å². The van der Waals surface area contributed by atoms with Gasteiger partial charge in [0.15, 0.2) is 0 Å². The minimum Gasteiger partial charge on any atom is -0.494 e. The molecule has 1 aliphatic rings. The highest BCUT2D eigenvalue weighted by Crippen LogP contribution is 2.33. The highest BCUT2D eigenvalue weighted by molar-refractivity contribution is 7.13. The number of aromatic nitrogens is 3. The van der Waals surface area contributed by atoms with Gasteiger partial charge in [0.2, 0.25) is 0 Å². The number of nitrogens with one attached hydrogen (secondary N) is 1. The van der Waals surface area contributed by atoms with E-state index in [1.165, 1.54) is 34.2 Å². The first-order valence-corrected chi connectivity index (χ1v) is 15.4. The molecule has 1 N–H and O–H groups in total. The van der Waals surface area contributed by atoms with Gasteiger partial charge in [0.1, 0.15) is 16.5 Å². The molecule has 1 saturated heterocycles. The van der Waals surface area contributed by atoms with Crippen molar-refractivity contribution in [2.45, 2.75) is 40.2 Å². The Kier molecular flexibility index (Phi) is 9.57. The number of piperazine rings is 1. The van der Waals surface area contributed by atoms with Crippen molar-refractivity contribution in [2.75, 3.05) is 26.2 Å². The van der Waals surface area contributed by atoms with Crippen LogP contribution in [0.5, 0.6) is 5.75 Å². The second-order valence-corrected chi connectivity index (χ2v) is 11.9. The summed E-state index contributed by atoms with van der Waals surface area (Å²) in [6, 6.07) is 9.54. The van der Waals surface area contributed by atoms with Crippen LogP contribution in [-0.4, -0.2) is 57.6 Å². The van der Waals surface area contributed by atoms with Crippen LogP contribution in [0.1, 0.15) is 55.9 Å². The first kappa shape index (κ1) is 31.5. The number of thiazole rings is 1. The molecule has 0 radical (unpaired) electrons. The minimum absolute atomic E-state index is 0.105. The van der Waals surface area contributed by atoms with Gasteiger partial charge in [-0.05, 0) is 64.1 Å². The average Bonchev–Trinajstić information content (AvgIpc) is 3.48. The summed E-state index contributed by atoms with van der Waals surface area (Å²) in [6.07, 6.45) is 0.448. The maximum atomic E-state index is 14.4. The zero-order chi connectivity index (χ0) is 31.5. The van der Waals surface area contributed by atoms with Crippen molar-refractivity contribution in [2.24, 2.45) is 0 Å². The van der Waals surface area contributed by atoms with Crippen LogP contribution in [0.4, 0.5) is 8.78 Å². The number of pyridine rings is 2. The van der Waals surface area contributed by atoms with E-state index < -0.39 is 12.0 Å². The first-order valence-electron chi connectivity index (χ1n) is 14.2. The molecule has 1 aliphatic heterocycles. The molecule has 8 nitrogen and oxygen atoms in total. The van der Waals surface area contributed by atoms with Crippen LogP contribution in [0.2, 0.25) is 5.02 Å². The van der Waals surface area contributed by atoms with Gasteiger partial charge in [-0.3, -0.25) is 19.1 Å². The minimum atomic E-state index is -2.68. The van der Waals surface area contributed by atoms with Gasteiger partial charge in [-0.25, -0.2) is 13.8 Å². The molecular formula is C32H32ClF2N5O3S. The van der Waals surface area contributed by atoms with Crippen LogP contribution < -0.4 is 15.6 Å². The number of carbonyl (C=O) groups is 1. The third-order valence-electron chi connectivity index (χ3n) is 7.06. The number of halogens is 3. The number of amides is 1. The quantitative estimate of drug-likeness (QED) is 0.226. The lowest BCUT2D eigenvalue weighted by Gasteiger charge is -2.32. The molecule has 0 saturated carbocycles. The molecule has 1 amide bonds. The van der Waals surface area contributed by atoms with Gasteiger partial charge in [0, 0.05) is 48.9 Å². The Morgan fingerprint density at radius 2 is 2.05 bits per heavy atom. The number of alkyl halides is 2. The van der Waals surface area contributed by atoms with Gasteiger partial charge < -0.3 is 15.0 Å². The Balaban J connectivity index is 1.75. The van der Waals surface area contributed by atoms with E-state index in [1.807, 2.05) is 27.7 Å². The number of carbonyl (C=O) groups excluding carboxylic acids is 1. The summed E-state index contributed by atoms with van der Waals surface area (Å²) in [5.41, 5.74) is 2.40.